The minimum absolute atomic E-state index is 0.00810. The maximum absolute atomic E-state index is 11.0. The quantitative estimate of drug-likeness (QED) is 0.680. The minimum Gasteiger partial charge on any atom is -0.504 e. The highest BCUT2D eigenvalue weighted by Gasteiger charge is 2.19. The molecule has 0 atom stereocenters. The maximum Gasteiger partial charge on any atom is 0.197 e. The van der Waals surface area contributed by atoms with Crippen molar-refractivity contribution in [2.24, 2.45) is 0 Å². The molecule has 0 saturated carbocycles. The molecular formula is C9H12O3. The zero-order chi connectivity index (χ0) is 9.14. The van der Waals surface area contributed by atoms with Crippen molar-refractivity contribution < 1.29 is 14.7 Å². The lowest BCUT2D eigenvalue weighted by molar-refractivity contribution is -0.118. The summed E-state index contributed by atoms with van der Waals surface area (Å²) in [6.07, 6.45) is 2.06. The summed E-state index contributed by atoms with van der Waals surface area (Å²) in [6.45, 7) is 1.46. The van der Waals surface area contributed by atoms with Crippen molar-refractivity contribution >= 4 is 11.6 Å². The molecule has 0 saturated heterocycles. The van der Waals surface area contributed by atoms with Gasteiger partial charge in [0.25, 0.3) is 0 Å². The summed E-state index contributed by atoms with van der Waals surface area (Å²) in [7, 11) is 0. The first-order valence-corrected chi connectivity index (χ1v) is 4.05. The van der Waals surface area contributed by atoms with E-state index in [9.17, 15) is 14.7 Å². The average Bonchev–Trinajstić information content (AvgIpc) is 1.98. The van der Waals surface area contributed by atoms with Crippen molar-refractivity contribution in [3.8, 4) is 0 Å². The van der Waals surface area contributed by atoms with E-state index in [1.807, 2.05) is 0 Å². The number of carbonyl (C=O) groups excluding carboxylic acids is 2. The van der Waals surface area contributed by atoms with E-state index in [-0.39, 0.29) is 23.7 Å². The molecule has 0 heterocycles. The number of carbonyl (C=O) groups is 2. The van der Waals surface area contributed by atoms with E-state index in [0.29, 0.717) is 18.4 Å². The van der Waals surface area contributed by atoms with Gasteiger partial charge >= 0.3 is 0 Å². The zero-order valence-corrected chi connectivity index (χ0v) is 7.09. The summed E-state index contributed by atoms with van der Waals surface area (Å²) >= 11 is 0. The Morgan fingerprint density at radius 3 is 2.75 bits per heavy atom. The lowest BCUT2D eigenvalue weighted by Gasteiger charge is -2.13. The highest BCUT2D eigenvalue weighted by Crippen LogP contribution is 2.22. The molecule has 3 heteroatoms. The molecule has 0 amide bonds. The van der Waals surface area contributed by atoms with Crippen LogP contribution in [0.5, 0.6) is 0 Å². The molecule has 0 aromatic rings. The second-order valence-electron chi connectivity index (χ2n) is 3.11. The molecule has 0 aromatic carbocycles. The Hall–Kier alpha value is -1.12. The van der Waals surface area contributed by atoms with Crippen LogP contribution in [0.1, 0.15) is 32.6 Å². The zero-order valence-electron chi connectivity index (χ0n) is 7.09. The molecule has 0 aromatic heterocycles. The molecule has 0 bridgehead atoms. The number of allylic oxidation sites excluding steroid dienone is 2. The molecule has 0 unspecified atom stereocenters. The van der Waals surface area contributed by atoms with Gasteiger partial charge in [-0.25, -0.2) is 0 Å². The average molecular weight is 168 g/mol. The van der Waals surface area contributed by atoms with Gasteiger partial charge in [-0.2, -0.15) is 0 Å². The third-order valence-corrected chi connectivity index (χ3v) is 1.94. The van der Waals surface area contributed by atoms with Crippen molar-refractivity contribution in [2.75, 3.05) is 0 Å². The number of aliphatic hydroxyl groups excluding tert-OH is 1. The van der Waals surface area contributed by atoms with Gasteiger partial charge < -0.3 is 5.11 Å². The number of aliphatic hydroxyl groups is 1. The second kappa shape index (κ2) is 3.52. The monoisotopic (exact) mass is 168 g/mol. The molecule has 1 aliphatic rings. The van der Waals surface area contributed by atoms with Crippen LogP contribution in [0.3, 0.4) is 0 Å². The van der Waals surface area contributed by atoms with Crippen LogP contribution >= 0.6 is 0 Å². The fourth-order valence-electron chi connectivity index (χ4n) is 1.37. The van der Waals surface area contributed by atoms with Crippen LogP contribution in [-0.4, -0.2) is 16.7 Å². The molecule has 0 radical (unpaired) electrons. The van der Waals surface area contributed by atoms with E-state index in [0.717, 1.165) is 6.42 Å². The van der Waals surface area contributed by atoms with Crippen molar-refractivity contribution in [3.05, 3.63) is 11.3 Å². The van der Waals surface area contributed by atoms with Crippen molar-refractivity contribution in [1.82, 2.24) is 0 Å². The fourth-order valence-corrected chi connectivity index (χ4v) is 1.37. The van der Waals surface area contributed by atoms with Crippen LogP contribution in [0.15, 0.2) is 11.3 Å². The number of rotatable bonds is 2. The van der Waals surface area contributed by atoms with E-state index in [2.05, 4.69) is 0 Å². The molecule has 0 aliphatic heterocycles. The smallest absolute Gasteiger partial charge is 0.197 e. The van der Waals surface area contributed by atoms with Crippen LogP contribution in [0.2, 0.25) is 0 Å². The highest BCUT2D eigenvalue weighted by atomic mass is 16.3. The molecule has 1 N–H and O–H groups in total. The fraction of sp³-hybridized carbons (Fsp3) is 0.556. The normalized spacial score (nSPS) is 18.2. The van der Waals surface area contributed by atoms with Gasteiger partial charge in [0.2, 0.25) is 0 Å². The Labute approximate surface area is 71.1 Å². The summed E-state index contributed by atoms with van der Waals surface area (Å²) in [5.41, 5.74) is 0.610. The van der Waals surface area contributed by atoms with E-state index in [1.165, 1.54) is 6.92 Å². The minimum atomic E-state index is -0.225. The van der Waals surface area contributed by atoms with E-state index in [4.69, 9.17) is 0 Å². The highest BCUT2D eigenvalue weighted by molar-refractivity contribution is 5.95. The molecule has 1 rings (SSSR count). The second-order valence-corrected chi connectivity index (χ2v) is 3.11. The topological polar surface area (TPSA) is 54.4 Å². The van der Waals surface area contributed by atoms with Crippen molar-refractivity contribution in [1.29, 1.82) is 0 Å². The summed E-state index contributed by atoms with van der Waals surface area (Å²) in [5, 5.41) is 9.26. The first-order chi connectivity index (χ1) is 5.61. The molecule has 66 valence electrons. The van der Waals surface area contributed by atoms with Gasteiger partial charge in [-0.1, -0.05) is 0 Å². The number of hydrogen-bond donors (Lipinski definition) is 1. The Kier molecular flexibility index (Phi) is 2.63. The van der Waals surface area contributed by atoms with Gasteiger partial charge in [-0.05, 0) is 25.3 Å². The number of ketones is 2. The summed E-state index contributed by atoms with van der Waals surface area (Å²) in [5.74, 6) is -0.403. The van der Waals surface area contributed by atoms with Crippen molar-refractivity contribution in [2.45, 2.75) is 32.6 Å². The Morgan fingerprint density at radius 1 is 1.50 bits per heavy atom. The van der Waals surface area contributed by atoms with E-state index >= 15 is 0 Å². The summed E-state index contributed by atoms with van der Waals surface area (Å²) in [6, 6.07) is 0. The van der Waals surface area contributed by atoms with Crippen LogP contribution in [-0.2, 0) is 9.59 Å². The predicted octanol–water partition coefficient (Wildman–Crippen LogP) is 1.53. The molecule has 3 nitrogen and oxygen atoms in total. The van der Waals surface area contributed by atoms with E-state index < -0.39 is 0 Å². The SMILES string of the molecule is CC(=O)CC1=C(O)C(=O)CCC1. The van der Waals surface area contributed by atoms with Gasteiger partial charge in [-0.3, -0.25) is 9.59 Å². The standard InChI is InChI=1S/C9H12O3/c1-6(10)5-7-3-2-4-8(11)9(7)12/h12H,2-5H2,1H3. The van der Waals surface area contributed by atoms with Gasteiger partial charge in [0.05, 0.1) is 0 Å². The van der Waals surface area contributed by atoms with Gasteiger partial charge in [0.1, 0.15) is 5.78 Å². The predicted molar refractivity (Wildman–Crippen MR) is 43.8 cm³/mol. The summed E-state index contributed by atoms with van der Waals surface area (Å²) in [4.78, 5) is 21.7. The lowest BCUT2D eigenvalue weighted by Crippen LogP contribution is -2.12. The largest absolute Gasteiger partial charge is 0.504 e. The molecule has 12 heavy (non-hydrogen) atoms. The summed E-state index contributed by atoms with van der Waals surface area (Å²) < 4.78 is 0. The molecule has 1 aliphatic carbocycles. The van der Waals surface area contributed by atoms with Gasteiger partial charge in [0.15, 0.2) is 11.5 Å². The molecule has 0 fully saturated rings. The first kappa shape index (κ1) is 8.97. The van der Waals surface area contributed by atoms with Crippen LogP contribution in [0.25, 0.3) is 0 Å². The van der Waals surface area contributed by atoms with Crippen LogP contribution < -0.4 is 0 Å². The Balaban J connectivity index is 2.78. The third kappa shape index (κ3) is 1.94. The maximum atomic E-state index is 11.0. The number of Topliss-reactive ketones (excluding diaryl/α,β-unsaturated/α-hetero) is 2. The first-order valence-electron chi connectivity index (χ1n) is 4.05. The van der Waals surface area contributed by atoms with Gasteiger partial charge in [0, 0.05) is 12.8 Å². The Morgan fingerprint density at radius 2 is 2.17 bits per heavy atom. The number of hydrogen-bond acceptors (Lipinski definition) is 3. The lowest BCUT2D eigenvalue weighted by atomic mass is 9.93. The molecular weight excluding hydrogens is 156 g/mol. The third-order valence-electron chi connectivity index (χ3n) is 1.94. The molecule has 0 spiro atoms. The van der Waals surface area contributed by atoms with Crippen LogP contribution in [0.4, 0.5) is 0 Å². The van der Waals surface area contributed by atoms with Crippen molar-refractivity contribution in [3.63, 3.8) is 0 Å². The van der Waals surface area contributed by atoms with Gasteiger partial charge in [-0.15, -0.1) is 0 Å². The van der Waals surface area contributed by atoms with Crippen LogP contribution in [0, 0.1) is 0 Å². The Bertz CT molecular complexity index is 250. The van der Waals surface area contributed by atoms with E-state index in [1.54, 1.807) is 0 Å².